The molecule has 11 heteroatoms. The lowest BCUT2D eigenvalue weighted by Gasteiger charge is -2.34. The van der Waals surface area contributed by atoms with E-state index in [1.54, 1.807) is 12.1 Å². The van der Waals surface area contributed by atoms with Crippen molar-refractivity contribution in [3.8, 4) is 0 Å². The monoisotopic (exact) mass is 432 g/mol. The van der Waals surface area contributed by atoms with Crippen LogP contribution >= 0.6 is 0 Å². The fourth-order valence-electron chi connectivity index (χ4n) is 4.63. The molecule has 2 aliphatic rings. The third-order valence-corrected chi connectivity index (χ3v) is 7.42. The van der Waals surface area contributed by atoms with E-state index in [0.717, 1.165) is 5.56 Å². The summed E-state index contributed by atoms with van der Waals surface area (Å²) < 4.78 is 24.7. The van der Waals surface area contributed by atoms with Gasteiger partial charge in [-0.15, -0.1) is 0 Å². The fourth-order valence-corrected chi connectivity index (χ4v) is 5.77. The number of nitro groups is 1. The Morgan fingerprint density at radius 3 is 2.43 bits per heavy atom. The van der Waals surface area contributed by atoms with Gasteiger partial charge in [0.05, 0.1) is 10.3 Å². The highest BCUT2D eigenvalue weighted by atomic mass is 32.2. The molecule has 0 aromatic heterocycles. The van der Waals surface area contributed by atoms with Crippen molar-refractivity contribution in [1.29, 1.82) is 0 Å². The zero-order valence-corrected chi connectivity index (χ0v) is 16.9. The minimum Gasteiger partial charge on any atom is -0.317 e. The van der Waals surface area contributed by atoms with E-state index in [1.165, 1.54) is 24.3 Å². The molecular weight excluding hydrogens is 410 g/mol. The molecule has 10 nitrogen and oxygen atoms in total. The van der Waals surface area contributed by atoms with Gasteiger partial charge in [-0.05, 0) is 32.0 Å². The second-order valence-corrected chi connectivity index (χ2v) is 9.32. The normalized spacial score (nSPS) is 22.4. The highest BCUT2D eigenvalue weighted by molar-refractivity contribution is 7.89. The first kappa shape index (κ1) is 20.4. The molecule has 2 aromatic rings. The van der Waals surface area contributed by atoms with Crippen molar-refractivity contribution in [3.63, 3.8) is 0 Å². The number of fused-ring (bicyclic) bond motifs is 2. The average molecular weight is 432 g/mol. The Bertz CT molecular complexity index is 1130. The van der Waals surface area contributed by atoms with Gasteiger partial charge in [0, 0.05) is 17.7 Å². The summed E-state index contributed by atoms with van der Waals surface area (Å²) in [6.07, 6.45) is 1.30. The summed E-state index contributed by atoms with van der Waals surface area (Å²) in [7, 11) is -4.47. The lowest BCUT2D eigenvalue weighted by Crippen LogP contribution is -2.64. The van der Waals surface area contributed by atoms with Crippen molar-refractivity contribution in [2.75, 3.05) is 25.0 Å². The van der Waals surface area contributed by atoms with Crippen LogP contribution in [-0.2, 0) is 15.6 Å². The van der Waals surface area contributed by atoms with E-state index in [9.17, 15) is 23.3 Å². The molecule has 2 aromatic carbocycles. The number of benzene rings is 2. The molecule has 0 saturated carbocycles. The second-order valence-electron chi connectivity index (χ2n) is 7.66. The van der Waals surface area contributed by atoms with Crippen LogP contribution in [0.1, 0.15) is 18.4 Å². The van der Waals surface area contributed by atoms with Gasteiger partial charge in [0.2, 0.25) is 0 Å². The summed E-state index contributed by atoms with van der Waals surface area (Å²) >= 11 is 0. The van der Waals surface area contributed by atoms with E-state index in [1.807, 2.05) is 12.1 Å². The van der Waals surface area contributed by atoms with E-state index < -0.39 is 30.5 Å². The number of piperidine rings is 1. The zero-order chi connectivity index (χ0) is 21.6. The first-order valence-corrected chi connectivity index (χ1v) is 11.0. The van der Waals surface area contributed by atoms with E-state index in [4.69, 9.17) is 5.14 Å². The molecule has 2 amide bonds. The molecule has 2 aliphatic heterocycles. The number of amides is 2. The standard InChI is InChI=1S/C19H21N5O5S/c20-30(28,29)24(18(25)22-15-6-2-3-7-16(15)23(26)27)13-19(9-11-21-12-10-19)14-5-1-4-8-17(14)24/h1-8,21H,9-13H2,(H2-,20,22,25,28,29)/p+1. The average Bonchev–Trinajstić information content (AvgIpc) is 3.00. The maximum Gasteiger partial charge on any atom is 0.442 e. The summed E-state index contributed by atoms with van der Waals surface area (Å²) in [4.78, 5) is 24.2. The van der Waals surface area contributed by atoms with Crippen LogP contribution in [0, 0.1) is 10.1 Å². The molecule has 1 atom stereocenters. The van der Waals surface area contributed by atoms with Gasteiger partial charge in [-0.3, -0.25) is 15.4 Å². The van der Waals surface area contributed by atoms with E-state index in [2.05, 4.69) is 10.6 Å². The molecule has 4 rings (SSSR count). The number of nitrogens with one attached hydrogen (secondary N) is 2. The van der Waals surface area contributed by atoms with Crippen molar-refractivity contribution in [1.82, 2.24) is 9.21 Å². The predicted molar refractivity (Wildman–Crippen MR) is 112 cm³/mol. The SMILES string of the molecule is NS(=O)(=O)[N+]1(C(=O)Nc2ccccc2[N+](=O)[O-])CC2(CCNCC2)c2ccccc21. The molecule has 0 bridgehead atoms. The number of carbonyl (C=O) groups is 1. The zero-order valence-electron chi connectivity index (χ0n) is 16.1. The highest BCUT2D eigenvalue weighted by Crippen LogP contribution is 2.51. The van der Waals surface area contributed by atoms with Gasteiger partial charge in [0.1, 0.15) is 12.2 Å². The van der Waals surface area contributed by atoms with Gasteiger partial charge in [-0.25, -0.2) is 4.79 Å². The van der Waals surface area contributed by atoms with Crippen molar-refractivity contribution >= 4 is 33.3 Å². The number of nitro benzene ring substituents is 1. The maximum absolute atomic E-state index is 13.5. The third kappa shape index (κ3) is 2.98. The Morgan fingerprint density at radius 2 is 1.77 bits per heavy atom. The Morgan fingerprint density at radius 1 is 1.13 bits per heavy atom. The number of rotatable bonds is 3. The molecule has 2 heterocycles. The number of carbonyl (C=O) groups excluding carboxylic acids is 1. The van der Waals surface area contributed by atoms with Gasteiger partial charge >= 0.3 is 16.2 Å². The van der Waals surface area contributed by atoms with Crippen LogP contribution in [0.3, 0.4) is 0 Å². The van der Waals surface area contributed by atoms with Crippen LogP contribution in [0.25, 0.3) is 0 Å². The quantitative estimate of drug-likeness (QED) is 0.384. The fraction of sp³-hybridized carbons (Fsp3) is 0.316. The van der Waals surface area contributed by atoms with Crippen LogP contribution < -0.4 is 19.7 Å². The molecule has 1 unspecified atom stereocenters. The molecule has 4 N–H and O–H groups in total. The number of urea groups is 1. The largest absolute Gasteiger partial charge is 0.442 e. The molecule has 1 fully saturated rings. The molecule has 1 saturated heterocycles. The van der Waals surface area contributed by atoms with Gasteiger partial charge in [-0.2, -0.15) is 13.6 Å². The van der Waals surface area contributed by atoms with E-state index >= 15 is 0 Å². The number of nitrogens with two attached hydrogens (primary N) is 1. The number of hydrogen-bond donors (Lipinski definition) is 3. The minimum absolute atomic E-state index is 0.0562. The van der Waals surface area contributed by atoms with Crippen molar-refractivity contribution < 1.29 is 18.1 Å². The van der Waals surface area contributed by atoms with Crippen LogP contribution in [0.5, 0.6) is 0 Å². The van der Waals surface area contributed by atoms with Crippen LogP contribution in [0.15, 0.2) is 48.5 Å². The summed E-state index contributed by atoms with van der Waals surface area (Å²) in [5, 5.41) is 22.7. The van der Waals surface area contributed by atoms with Crippen molar-refractivity contribution in [2.45, 2.75) is 18.3 Å². The Kier molecular flexibility index (Phi) is 4.85. The van der Waals surface area contributed by atoms with Gasteiger partial charge < -0.3 is 5.32 Å². The van der Waals surface area contributed by atoms with Crippen molar-refractivity contribution in [3.05, 3.63) is 64.2 Å². The summed E-state index contributed by atoms with van der Waals surface area (Å²) in [5.74, 6) is 0. The van der Waals surface area contributed by atoms with Gasteiger partial charge in [-0.1, -0.05) is 34.2 Å². The number of quaternary nitrogens is 1. The highest BCUT2D eigenvalue weighted by Gasteiger charge is 2.63. The molecule has 0 aliphatic carbocycles. The first-order valence-electron chi connectivity index (χ1n) is 9.48. The number of para-hydroxylation sites is 3. The second kappa shape index (κ2) is 7.13. The van der Waals surface area contributed by atoms with Crippen LogP contribution in [0.2, 0.25) is 0 Å². The summed E-state index contributed by atoms with van der Waals surface area (Å²) in [6, 6.07) is 11.6. The number of anilines is 1. The van der Waals surface area contributed by atoms with E-state index in [-0.39, 0.29) is 23.6 Å². The van der Waals surface area contributed by atoms with Gasteiger partial charge in [0.15, 0.2) is 5.69 Å². The van der Waals surface area contributed by atoms with Crippen LogP contribution in [0.4, 0.5) is 21.9 Å². The smallest absolute Gasteiger partial charge is 0.317 e. The van der Waals surface area contributed by atoms with Crippen LogP contribution in [-0.4, -0.2) is 39.0 Å². The lowest BCUT2D eigenvalue weighted by atomic mass is 9.75. The first-order chi connectivity index (χ1) is 14.2. The molecule has 1 spiro atoms. The summed E-state index contributed by atoms with van der Waals surface area (Å²) in [6.45, 7) is 1.31. The van der Waals surface area contributed by atoms with Crippen molar-refractivity contribution in [2.24, 2.45) is 5.14 Å². The number of nitrogens with zero attached hydrogens (tertiary/aromatic N) is 2. The Labute approximate surface area is 173 Å². The predicted octanol–water partition coefficient (Wildman–Crippen LogP) is 1.97. The lowest BCUT2D eigenvalue weighted by molar-refractivity contribution is -0.383. The van der Waals surface area contributed by atoms with E-state index in [0.29, 0.717) is 25.9 Å². The molecule has 30 heavy (non-hydrogen) atoms. The Balaban J connectivity index is 1.86. The molecular formula is C19H22N5O5S+. The molecule has 158 valence electrons. The maximum atomic E-state index is 13.5. The Hall–Kier alpha value is -2.86. The van der Waals surface area contributed by atoms with Gasteiger partial charge in [0.25, 0.3) is 5.69 Å². The molecule has 0 radical (unpaired) electrons. The third-order valence-electron chi connectivity index (χ3n) is 6.06. The summed E-state index contributed by atoms with van der Waals surface area (Å²) in [5.41, 5.74) is 0.116. The number of hydrogen-bond acceptors (Lipinski definition) is 6. The topological polar surface area (TPSA) is 144 Å². The minimum atomic E-state index is -4.47.